The lowest BCUT2D eigenvalue weighted by Crippen LogP contribution is -2.23. The summed E-state index contributed by atoms with van der Waals surface area (Å²) in [5, 5.41) is 9.70. The highest BCUT2D eigenvalue weighted by atomic mass is 16.5. The molecule has 0 aliphatic rings. The van der Waals surface area contributed by atoms with Gasteiger partial charge in [0.15, 0.2) is 11.6 Å². The van der Waals surface area contributed by atoms with Crippen LogP contribution in [0.1, 0.15) is 27.6 Å². The summed E-state index contributed by atoms with van der Waals surface area (Å²) in [6, 6.07) is 16.9. The van der Waals surface area contributed by atoms with Gasteiger partial charge in [0.2, 0.25) is 0 Å². The van der Waals surface area contributed by atoms with Crippen molar-refractivity contribution in [1.82, 2.24) is 20.5 Å². The molecule has 7 nitrogen and oxygen atoms in total. The molecule has 1 aromatic heterocycles. The Kier molecular flexibility index (Phi) is 5.95. The summed E-state index contributed by atoms with van der Waals surface area (Å²) < 4.78 is 5.60. The number of aromatic amines is 1. The van der Waals surface area contributed by atoms with Crippen molar-refractivity contribution in [2.45, 2.75) is 19.6 Å². The van der Waals surface area contributed by atoms with Crippen molar-refractivity contribution in [3.63, 3.8) is 0 Å². The lowest BCUT2D eigenvalue weighted by Gasteiger charge is -2.04. The molecule has 3 rings (SSSR count). The van der Waals surface area contributed by atoms with Crippen molar-refractivity contribution >= 4 is 5.91 Å². The highest BCUT2D eigenvalue weighted by Gasteiger charge is 2.08. The zero-order chi connectivity index (χ0) is 18.2. The third kappa shape index (κ3) is 4.90. The third-order valence-corrected chi connectivity index (χ3v) is 3.75. The molecule has 0 aliphatic heterocycles. The van der Waals surface area contributed by atoms with E-state index < -0.39 is 0 Å². The Morgan fingerprint density at radius 1 is 1.12 bits per heavy atom. The molecule has 1 heterocycles. The van der Waals surface area contributed by atoms with Gasteiger partial charge in [0.05, 0.1) is 6.54 Å². The van der Waals surface area contributed by atoms with Gasteiger partial charge in [0.1, 0.15) is 12.4 Å². The molecule has 3 aromatic rings. The van der Waals surface area contributed by atoms with Gasteiger partial charge in [-0.2, -0.15) is 5.10 Å². The number of para-hydroxylation sites is 1. The molecule has 134 valence electrons. The number of nitrogens with two attached hydrogens (primary N) is 1. The summed E-state index contributed by atoms with van der Waals surface area (Å²) in [7, 11) is 0. The van der Waals surface area contributed by atoms with E-state index in [1.165, 1.54) is 0 Å². The van der Waals surface area contributed by atoms with E-state index in [0.717, 1.165) is 17.7 Å². The summed E-state index contributed by atoms with van der Waals surface area (Å²) in [5.74, 6) is 1.70. The molecule has 0 aliphatic carbocycles. The van der Waals surface area contributed by atoms with E-state index in [4.69, 9.17) is 10.5 Å². The number of nitrogens with one attached hydrogen (secondary N) is 2. The van der Waals surface area contributed by atoms with Crippen LogP contribution in [0, 0.1) is 0 Å². The topological polar surface area (TPSA) is 106 Å². The Labute approximate surface area is 151 Å². The fraction of sp³-hybridized carbons (Fsp3) is 0.211. The minimum absolute atomic E-state index is 0.170. The van der Waals surface area contributed by atoms with Crippen molar-refractivity contribution < 1.29 is 9.53 Å². The molecule has 0 radical (unpaired) electrons. The monoisotopic (exact) mass is 351 g/mol. The number of ether oxygens (including phenoxy) is 1. The maximum Gasteiger partial charge on any atom is 0.251 e. The number of benzene rings is 2. The van der Waals surface area contributed by atoms with Crippen LogP contribution < -0.4 is 15.8 Å². The quantitative estimate of drug-likeness (QED) is 0.574. The number of H-pyrrole nitrogens is 1. The molecular weight excluding hydrogens is 330 g/mol. The number of rotatable bonds is 8. The maximum absolute atomic E-state index is 12.2. The highest BCUT2D eigenvalue weighted by molar-refractivity contribution is 5.94. The number of hydrogen-bond donors (Lipinski definition) is 3. The molecule has 2 aromatic carbocycles. The van der Waals surface area contributed by atoms with Crippen LogP contribution in [0.5, 0.6) is 5.75 Å². The molecule has 4 N–H and O–H groups in total. The fourth-order valence-electron chi connectivity index (χ4n) is 2.40. The number of carbonyl (C=O) groups excluding carboxylic acids is 1. The van der Waals surface area contributed by atoms with Crippen LogP contribution in [-0.4, -0.2) is 27.6 Å². The summed E-state index contributed by atoms with van der Waals surface area (Å²) >= 11 is 0. The predicted octanol–water partition coefficient (Wildman–Crippen LogP) is 1.81. The van der Waals surface area contributed by atoms with Crippen molar-refractivity contribution in [3.05, 3.63) is 77.4 Å². The summed E-state index contributed by atoms with van der Waals surface area (Å²) in [5.41, 5.74) is 7.23. The second kappa shape index (κ2) is 8.77. The van der Waals surface area contributed by atoms with Gasteiger partial charge in [-0.25, -0.2) is 4.98 Å². The van der Waals surface area contributed by atoms with E-state index >= 15 is 0 Å². The molecule has 0 saturated carbocycles. The zero-order valence-electron chi connectivity index (χ0n) is 14.3. The normalized spacial score (nSPS) is 10.5. The Morgan fingerprint density at radius 3 is 2.62 bits per heavy atom. The van der Waals surface area contributed by atoms with Gasteiger partial charge < -0.3 is 15.8 Å². The lowest BCUT2D eigenvalue weighted by molar-refractivity contribution is 0.0950. The molecular formula is C19H21N5O2. The van der Waals surface area contributed by atoms with Crippen molar-refractivity contribution in [3.8, 4) is 5.75 Å². The largest absolute Gasteiger partial charge is 0.486 e. The Morgan fingerprint density at radius 2 is 1.88 bits per heavy atom. The van der Waals surface area contributed by atoms with Crippen LogP contribution in [0.3, 0.4) is 0 Å². The predicted molar refractivity (Wildman–Crippen MR) is 97.5 cm³/mol. The van der Waals surface area contributed by atoms with Gasteiger partial charge in [-0.05, 0) is 42.8 Å². The SMILES string of the molecule is NCCc1ccc(C(=O)NCc2n[nH]c(COc3ccccc3)n2)cc1. The number of hydrogen-bond acceptors (Lipinski definition) is 5. The highest BCUT2D eigenvalue weighted by Crippen LogP contribution is 2.10. The average Bonchev–Trinajstić information content (AvgIpc) is 3.14. The first-order chi connectivity index (χ1) is 12.7. The van der Waals surface area contributed by atoms with Gasteiger partial charge in [0, 0.05) is 5.56 Å². The third-order valence-electron chi connectivity index (χ3n) is 3.75. The Bertz CT molecular complexity index is 831. The fourth-order valence-corrected chi connectivity index (χ4v) is 2.40. The molecule has 1 amide bonds. The van der Waals surface area contributed by atoms with Crippen LogP contribution in [0.25, 0.3) is 0 Å². The van der Waals surface area contributed by atoms with Crippen LogP contribution in [0.2, 0.25) is 0 Å². The standard InChI is InChI=1S/C19H21N5O2/c20-11-10-14-6-8-15(9-7-14)19(25)21-12-17-22-18(24-23-17)13-26-16-4-2-1-3-5-16/h1-9H,10-13,20H2,(H,21,25)(H,22,23,24). The van der Waals surface area contributed by atoms with Gasteiger partial charge in [-0.15, -0.1) is 0 Å². The molecule has 0 bridgehead atoms. The van der Waals surface area contributed by atoms with Crippen molar-refractivity contribution in [2.75, 3.05) is 6.54 Å². The molecule has 0 unspecified atom stereocenters. The van der Waals surface area contributed by atoms with Crippen LogP contribution in [0.4, 0.5) is 0 Å². The summed E-state index contributed by atoms with van der Waals surface area (Å²) in [4.78, 5) is 16.5. The van der Waals surface area contributed by atoms with E-state index in [-0.39, 0.29) is 19.1 Å². The van der Waals surface area contributed by atoms with Crippen LogP contribution in [0.15, 0.2) is 54.6 Å². The first-order valence-electron chi connectivity index (χ1n) is 8.40. The first kappa shape index (κ1) is 17.6. The average molecular weight is 351 g/mol. The van der Waals surface area contributed by atoms with Gasteiger partial charge >= 0.3 is 0 Å². The molecule has 0 saturated heterocycles. The second-order valence-corrected chi connectivity index (χ2v) is 5.72. The number of aromatic nitrogens is 3. The minimum Gasteiger partial charge on any atom is -0.486 e. The van der Waals surface area contributed by atoms with Gasteiger partial charge in [0.25, 0.3) is 5.91 Å². The van der Waals surface area contributed by atoms with E-state index in [1.54, 1.807) is 12.1 Å². The Hall–Kier alpha value is -3.19. The molecule has 0 atom stereocenters. The molecule has 7 heteroatoms. The van der Waals surface area contributed by atoms with E-state index in [2.05, 4.69) is 20.5 Å². The van der Waals surface area contributed by atoms with Crippen LogP contribution >= 0.6 is 0 Å². The number of nitrogens with zero attached hydrogens (tertiary/aromatic N) is 2. The van der Waals surface area contributed by atoms with E-state index in [1.807, 2.05) is 42.5 Å². The zero-order valence-corrected chi connectivity index (χ0v) is 14.3. The van der Waals surface area contributed by atoms with Crippen molar-refractivity contribution in [1.29, 1.82) is 0 Å². The van der Waals surface area contributed by atoms with E-state index in [9.17, 15) is 4.79 Å². The van der Waals surface area contributed by atoms with Crippen molar-refractivity contribution in [2.24, 2.45) is 5.73 Å². The number of carbonyl (C=O) groups is 1. The van der Waals surface area contributed by atoms with E-state index in [0.29, 0.717) is 23.8 Å². The second-order valence-electron chi connectivity index (χ2n) is 5.72. The molecule has 26 heavy (non-hydrogen) atoms. The maximum atomic E-state index is 12.2. The smallest absolute Gasteiger partial charge is 0.251 e. The molecule has 0 fully saturated rings. The van der Waals surface area contributed by atoms with Gasteiger partial charge in [-0.1, -0.05) is 30.3 Å². The van der Waals surface area contributed by atoms with Crippen LogP contribution in [-0.2, 0) is 19.6 Å². The summed E-state index contributed by atoms with van der Waals surface area (Å²) in [6.45, 7) is 1.12. The lowest BCUT2D eigenvalue weighted by atomic mass is 10.1. The molecule has 0 spiro atoms. The number of amides is 1. The Balaban J connectivity index is 1.48. The first-order valence-corrected chi connectivity index (χ1v) is 8.40. The minimum atomic E-state index is -0.170. The summed E-state index contributed by atoms with van der Waals surface area (Å²) in [6.07, 6.45) is 0.799. The van der Waals surface area contributed by atoms with Gasteiger partial charge in [-0.3, -0.25) is 9.89 Å².